The van der Waals surface area contributed by atoms with E-state index >= 15 is 0 Å². The van der Waals surface area contributed by atoms with Gasteiger partial charge in [0.1, 0.15) is 5.76 Å². The number of Topliss-reactive ketones (excluding diaryl/α,β-unsaturated/α-hetero) is 1. The third-order valence-electron chi connectivity index (χ3n) is 6.45. The van der Waals surface area contributed by atoms with E-state index in [9.17, 15) is 14.7 Å². The molecule has 2 fully saturated rings. The zero-order valence-electron chi connectivity index (χ0n) is 20.9. The highest BCUT2D eigenvalue weighted by molar-refractivity contribution is 6.46. The fourth-order valence-electron chi connectivity index (χ4n) is 4.74. The summed E-state index contributed by atoms with van der Waals surface area (Å²) in [6.07, 6.45) is 0.699. The van der Waals surface area contributed by atoms with Crippen molar-refractivity contribution in [2.24, 2.45) is 0 Å². The Bertz CT molecular complexity index is 1090. The summed E-state index contributed by atoms with van der Waals surface area (Å²) >= 11 is 0. The molecule has 2 aliphatic heterocycles. The van der Waals surface area contributed by atoms with Crippen LogP contribution in [-0.2, 0) is 14.3 Å². The summed E-state index contributed by atoms with van der Waals surface area (Å²) in [5.74, 6) is -0.335. The van der Waals surface area contributed by atoms with Gasteiger partial charge < -0.3 is 24.2 Å². The normalized spacial score (nSPS) is 20.1. The van der Waals surface area contributed by atoms with Gasteiger partial charge in [0, 0.05) is 31.7 Å². The number of aliphatic hydroxyl groups excluding tert-OH is 1. The predicted molar refractivity (Wildman–Crippen MR) is 136 cm³/mol. The minimum absolute atomic E-state index is 0.0872. The number of ketones is 1. The van der Waals surface area contributed by atoms with E-state index in [2.05, 4.69) is 4.90 Å². The third kappa shape index (κ3) is 5.55. The maximum Gasteiger partial charge on any atom is 0.295 e. The Morgan fingerprint density at radius 2 is 1.67 bits per heavy atom. The van der Waals surface area contributed by atoms with Gasteiger partial charge in [-0.25, -0.2) is 0 Å². The van der Waals surface area contributed by atoms with Gasteiger partial charge in [0.2, 0.25) is 0 Å². The van der Waals surface area contributed by atoms with Gasteiger partial charge in [-0.3, -0.25) is 14.5 Å². The summed E-state index contributed by atoms with van der Waals surface area (Å²) in [5.41, 5.74) is 1.26. The number of nitrogens with zero attached hydrogens (tertiary/aromatic N) is 2. The highest BCUT2D eigenvalue weighted by atomic mass is 16.5. The van der Waals surface area contributed by atoms with Crippen LogP contribution in [-0.4, -0.2) is 79.2 Å². The van der Waals surface area contributed by atoms with Gasteiger partial charge in [-0.05, 0) is 38.0 Å². The molecular weight excluding hydrogens is 460 g/mol. The molecule has 1 atom stereocenters. The minimum atomic E-state index is -0.732. The van der Waals surface area contributed by atoms with E-state index < -0.39 is 17.7 Å². The van der Waals surface area contributed by atoms with Gasteiger partial charge in [0.05, 0.1) is 38.0 Å². The number of carbonyl (C=O) groups excluding carboxylic acids is 2. The number of benzene rings is 2. The first-order valence-electron chi connectivity index (χ1n) is 12.6. The van der Waals surface area contributed by atoms with Crippen LogP contribution in [0, 0.1) is 0 Å². The zero-order valence-corrected chi connectivity index (χ0v) is 20.9. The number of aliphatic hydroxyl groups is 1. The summed E-state index contributed by atoms with van der Waals surface area (Å²) in [5, 5.41) is 11.2. The van der Waals surface area contributed by atoms with E-state index in [1.165, 1.54) is 0 Å². The van der Waals surface area contributed by atoms with Crippen LogP contribution in [0.1, 0.15) is 37.4 Å². The van der Waals surface area contributed by atoms with Crippen molar-refractivity contribution < 1.29 is 28.9 Å². The largest absolute Gasteiger partial charge is 0.507 e. The first-order chi connectivity index (χ1) is 17.5. The molecule has 0 spiro atoms. The second kappa shape index (κ2) is 12.1. The molecule has 0 saturated carbocycles. The highest BCUT2D eigenvalue weighted by Crippen LogP contribution is 2.42. The number of amides is 1. The van der Waals surface area contributed by atoms with Crippen LogP contribution in [0.25, 0.3) is 5.76 Å². The van der Waals surface area contributed by atoms with Crippen molar-refractivity contribution in [2.45, 2.75) is 26.3 Å². The van der Waals surface area contributed by atoms with Crippen LogP contribution in [0.15, 0.2) is 54.1 Å². The van der Waals surface area contributed by atoms with Crippen LogP contribution >= 0.6 is 0 Å². The van der Waals surface area contributed by atoms with Crippen molar-refractivity contribution in [1.82, 2.24) is 9.80 Å². The number of hydrogen-bond donors (Lipinski definition) is 1. The van der Waals surface area contributed by atoms with Crippen LogP contribution in [0.5, 0.6) is 11.5 Å². The lowest BCUT2D eigenvalue weighted by molar-refractivity contribution is -0.140. The van der Waals surface area contributed by atoms with Crippen LogP contribution in [0.4, 0.5) is 0 Å². The number of likely N-dealkylation sites (tertiary alicyclic amines) is 1. The van der Waals surface area contributed by atoms with E-state index in [1.54, 1.807) is 41.3 Å². The molecule has 2 aromatic rings. The molecule has 192 valence electrons. The number of carbonyl (C=O) groups is 2. The molecule has 36 heavy (non-hydrogen) atoms. The van der Waals surface area contributed by atoms with Crippen molar-refractivity contribution in [3.05, 3.63) is 65.2 Å². The summed E-state index contributed by atoms with van der Waals surface area (Å²) in [6.45, 7) is 8.99. The number of ether oxygens (including phenoxy) is 3. The Morgan fingerprint density at radius 1 is 0.972 bits per heavy atom. The molecule has 1 unspecified atom stereocenters. The summed E-state index contributed by atoms with van der Waals surface area (Å²) in [7, 11) is 0. The molecule has 2 aromatic carbocycles. The highest BCUT2D eigenvalue weighted by Gasteiger charge is 2.46. The molecule has 8 heteroatoms. The standard InChI is InChI=1S/C28H34N2O6/c1-3-35-22-12-11-21(19-23(22)36-4-2)25-24(26(31)20-9-6-5-7-10-20)27(32)28(33)30(25)14-8-13-29-15-17-34-18-16-29/h5-7,9-12,19,25,31H,3-4,8,13-18H2,1-2H3. The Morgan fingerprint density at radius 3 is 2.36 bits per heavy atom. The monoisotopic (exact) mass is 494 g/mol. The molecule has 0 bridgehead atoms. The molecule has 1 amide bonds. The Labute approximate surface area is 212 Å². The van der Waals surface area contributed by atoms with E-state index in [0.29, 0.717) is 62.0 Å². The molecule has 0 aliphatic carbocycles. The summed E-state index contributed by atoms with van der Waals surface area (Å²) in [4.78, 5) is 30.4. The van der Waals surface area contributed by atoms with Gasteiger partial charge in [-0.2, -0.15) is 0 Å². The average molecular weight is 495 g/mol. The Balaban J connectivity index is 1.71. The number of hydrogen-bond acceptors (Lipinski definition) is 7. The smallest absolute Gasteiger partial charge is 0.295 e. The summed E-state index contributed by atoms with van der Waals surface area (Å²) < 4.78 is 16.9. The van der Waals surface area contributed by atoms with Gasteiger partial charge in [0.25, 0.3) is 11.7 Å². The average Bonchev–Trinajstić information content (AvgIpc) is 3.16. The maximum atomic E-state index is 13.3. The molecule has 2 aliphatic rings. The van der Waals surface area contributed by atoms with Gasteiger partial charge in [-0.15, -0.1) is 0 Å². The first-order valence-corrected chi connectivity index (χ1v) is 12.6. The lowest BCUT2D eigenvalue weighted by Crippen LogP contribution is -2.39. The zero-order chi connectivity index (χ0) is 25.5. The van der Waals surface area contributed by atoms with Crippen LogP contribution < -0.4 is 9.47 Å². The van der Waals surface area contributed by atoms with Gasteiger partial charge in [0.15, 0.2) is 11.5 Å². The second-order valence-corrected chi connectivity index (χ2v) is 8.74. The molecule has 0 aromatic heterocycles. The third-order valence-corrected chi connectivity index (χ3v) is 6.45. The quantitative estimate of drug-likeness (QED) is 0.307. The molecule has 2 saturated heterocycles. The topological polar surface area (TPSA) is 88.5 Å². The molecular formula is C28H34N2O6. The van der Waals surface area contributed by atoms with Crippen molar-refractivity contribution in [2.75, 3.05) is 52.6 Å². The van der Waals surface area contributed by atoms with E-state index in [1.807, 2.05) is 26.0 Å². The van der Waals surface area contributed by atoms with Crippen molar-refractivity contribution in [3.63, 3.8) is 0 Å². The Kier molecular flexibility index (Phi) is 8.61. The molecule has 2 heterocycles. The number of rotatable bonds is 10. The second-order valence-electron chi connectivity index (χ2n) is 8.74. The van der Waals surface area contributed by atoms with Crippen molar-refractivity contribution in [1.29, 1.82) is 0 Å². The predicted octanol–water partition coefficient (Wildman–Crippen LogP) is 3.63. The molecule has 8 nitrogen and oxygen atoms in total. The van der Waals surface area contributed by atoms with Crippen LogP contribution in [0.3, 0.4) is 0 Å². The lowest BCUT2D eigenvalue weighted by Gasteiger charge is -2.29. The fraction of sp³-hybridized carbons (Fsp3) is 0.429. The van der Waals surface area contributed by atoms with Crippen molar-refractivity contribution >= 4 is 17.4 Å². The van der Waals surface area contributed by atoms with E-state index in [4.69, 9.17) is 14.2 Å². The van der Waals surface area contributed by atoms with E-state index in [-0.39, 0.29) is 11.3 Å². The first kappa shape index (κ1) is 25.7. The molecule has 1 N–H and O–H groups in total. The molecule has 0 radical (unpaired) electrons. The van der Waals surface area contributed by atoms with Gasteiger partial charge >= 0.3 is 0 Å². The fourth-order valence-corrected chi connectivity index (χ4v) is 4.74. The van der Waals surface area contributed by atoms with Crippen LogP contribution in [0.2, 0.25) is 0 Å². The Hall–Kier alpha value is -3.36. The number of morpholine rings is 1. The van der Waals surface area contributed by atoms with E-state index in [0.717, 1.165) is 19.6 Å². The summed E-state index contributed by atoms with van der Waals surface area (Å²) in [6, 6.07) is 13.5. The maximum absolute atomic E-state index is 13.3. The SMILES string of the molecule is CCOc1ccc(C2C(=C(O)c3ccccc3)C(=O)C(=O)N2CCCN2CCOCC2)cc1OCC. The molecule has 4 rings (SSSR count). The van der Waals surface area contributed by atoms with Gasteiger partial charge in [-0.1, -0.05) is 36.4 Å². The minimum Gasteiger partial charge on any atom is -0.507 e. The van der Waals surface area contributed by atoms with Crippen molar-refractivity contribution in [3.8, 4) is 11.5 Å². The lowest BCUT2D eigenvalue weighted by atomic mass is 9.95.